The lowest BCUT2D eigenvalue weighted by Gasteiger charge is -2.35. The molecule has 11 heteroatoms. The SMILES string of the molecule is CC[N+](CC)(CC)c1ccc(C[C@H](NC(=O)[C@H](Cc2ccc3ccccc3c2)NC(C)=O)C(=O)N[C@@H](Cc2c[nH]c3ccccc23)C(N)=O)cc1.[I-]. The number of nitrogens with one attached hydrogen (secondary N) is 4. The molecular formula is C41H49IN6O4. The van der Waals surface area contributed by atoms with Crippen LogP contribution < -0.4 is 50.1 Å². The second-order valence-electron chi connectivity index (χ2n) is 13.2. The fraction of sp³-hybridized carbons (Fsp3) is 0.317. The maximum absolute atomic E-state index is 14.1. The molecule has 5 rings (SSSR count). The van der Waals surface area contributed by atoms with Gasteiger partial charge in [0, 0.05) is 43.3 Å². The van der Waals surface area contributed by atoms with Crippen LogP contribution in [-0.4, -0.2) is 66.4 Å². The number of benzene rings is 4. The monoisotopic (exact) mass is 816 g/mol. The summed E-state index contributed by atoms with van der Waals surface area (Å²) in [5, 5.41) is 11.5. The van der Waals surface area contributed by atoms with Gasteiger partial charge in [-0.05, 0) is 66.4 Å². The molecule has 10 nitrogen and oxygen atoms in total. The lowest BCUT2D eigenvalue weighted by Crippen LogP contribution is -3.00. The van der Waals surface area contributed by atoms with E-state index in [0.29, 0.717) is 0 Å². The number of nitrogens with zero attached hydrogens (tertiary/aromatic N) is 1. The van der Waals surface area contributed by atoms with Gasteiger partial charge in [-0.2, -0.15) is 0 Å². The number of para-hydroxylation sites is 1. The van der Waals surface area contributed by atoms with E-state index in [1.54, 1.807) is 6.20 Å². The van der Waals surface area contributed by atoms with Crippen molar-refractivity contribution >= 4 is 51.0 Å². The zero-order valence-corrected chi connectivity index (χ0v) is 32.4. The number of rotatable bonds is 16. The van der Waals surface area contributed by atoms with Gasteiger partial charge in [-0.15, -0.1) is 0 Å². The zero-order chi connectivity index (χ0) is 36.5. The van der Waals surface area contributed by atoms with Gasteiger partial charge in [-0.3, -0.25) is 23.7 Å². The number of nitrogens with two attached hydrogens (primary N) is 1. The Morgan fingerprint density at radius 2 is 1.23 bits per heavy atom. The Hall–Kier alpha value is -4.75. The molecule has 0 radical (unpaired) electrons. The van der Waals surface area contributed by atoms with Gasteiger partial charge in [0.15, 0.2) is 0 Å². The van der Waals surface area contributed by atoms with E-state index in [-0.39, 0.29) is 49.1 Å². The molecule has 0 unspecified atom stereocenters. The van der Waals surface area contributed by atoms with Crippen LogP contribution in [0.25, 0.3) is 21.7 Å². The highest BCUT2D eigenvalue weighted by Gasteiger charge is 2.30. The number of carbonyl (C=O) groups excluding carboxylic acids is 4. The van der Waals surface area contributed by atoms with E-state index >= 15 is 0 Å². The van der Waals surface area contributed by atoms with Gasteiger partial charge in [0.05, 0.1) is 19.6 Å². The number of halogens is 1. The van der Waals surface area contributed by atoms with Crippen molar-refractivity contribution in [3.8, 4) is 0 Å². The third-order valence-electron chi connectivity index (χ3n) is 10.1. The average Bonchev–Trinajstić information content (AvgIpc) is 3.54. The molecule has 0 aliphatic rings. The van der Waals surface area contributed by atoms with Crippen LogP contribution >= 0.6 is 0 Å². The third kappa shape index (κ3) is 9.56. The van der Waals surface area contributed by atoms with Crippen LogP contribution in [0.2, 0.25) is 0 Å². The predicted molar refractivity (Wildman–Crippen MR) is 204 cm³/mol. The minimum atomic E-state index is -1.07. The van der Waals surface area contributed by atoms with Crippen molar-refractivity contribution in [3.05, 3.63) is 114 Å². The maximum Gasteiger partial charge on any atom is 0.243 e. The first-order valence-electron chi connectivity index (χ1n) is 17.7. The molecule has 0 fully saturated rings. The highest BCUT2D eigenvalue weighted by atomic mass is 127. The average molecular weight is 817 g/mol. The number of fused-ring (bicyclic) bond motifs is 2. The normalized spacial score (nSPS) is 13.1. The standard InChI is InChI=1S/C41H48N6O4.HI/c1-5-47(6-2,7-3)33-20-17-28(18-21-33)23-38(41(51)45-36(39(42)49)25-32-26-43-35-15-11-10-14-34(32)35)46-40(50)37(44-27(4)48)24-29-16-19-30-12-8-9-13-31(30)22-29;/h8-22,26,36-38,43H,5-7,23-25H2,1-4H3,(H4-,42,44,45,46,48,49,50,51);1H/t36-,37-,38-;/m0./s1. The molecule has 0 spiro atoms. The van der Waals surface area contributed by atoms with Crippen molar-refractivity contribution in [1.29, 1.82) is 0 Å². The molecule has 5 aromatic rings. The molecule has 4 amide bonds. The highest BCUT2D eigenvalue weighted by Crippen LogP contribution is 2.24. The molecule has 0 bridgehead atoms. The van der Waals surface area contributed by atoms with Crippen LogP contribution in [0.15, 0.2) is 97.2 Å². The van der Waals surface area contributed by atoms with E-state index in [4.69, 9.17) is 5.73 Å². The molecular weight excluding hydrogens is 767 g/mol. The number of aromatic nitrogens is 1. The van der Waals surface area contributed by atoms with E-state index in [1.807, 2.05) is 78.9 Å². The summed E-state index contributed by atoms with van der Waals surface area (Å²) in [4.78, 5) is 56.2. The number of carbonyl (C=O) groups is 4. The Balaban J connectivity index is 0.00000605. The van der Waals surface area contributed by atoms with Crippen molar-refractivity contribution in [2.24, 2.45) is 5.73 Å². The summed E-state index contributed by atoms with van der Waals surface area (Å²) in [5.74, 6) is -2.13. The van der Waals surface area contributed by atoms with E-state index in [0.717, 1.165) is 62.5 Å². The Morgan fingerprint density at radius 1 is 0.673 bits per heavy atom. The van der Waals surface area contributed by atoms with Crippen LogP contribution in [0.3, 0.4) is 0 Å². The first-order chi connectivity index (χ1) is 24.5. The zero-order valence-electron chi connectivity index (χ0n) is 30.2. The summed E-state index contributed by atoms with van der Waals surface area (Å²) in [6, 6.07) is 26.6. The van der Waals surface area contributed by atoms with Crippen LogP contribution in [0.4, 0.5) is 5.69 Å². The lowest BCUT2D eigenvalue weighted by molar-refractivity contribution is -0.133. The summed E-state index contributed by atoms with van der Waals surface area (Å²) < 4.78 is 0.822. The van der Waals surface area contributed by atoms with Crippen LogP contribution in [0.1, 0.15) is 44.4 Å². The number of amides is 4. The summed E-state index contributed by atoms with van der Waals surface area (Å²) in [5.41, 5.74) is 10.4. The van der Waals surface area contributed by atoms with E-state index in [9.17, 15) is 19.2 Å². The molecule has 0 saturated carbocycles. The number of H-pyrrole nitrogens is 1. The number of hydrogen-bond donors (Lipinski definition) is 5. The maximum atomic E-state index is 14.1. The lowest BCUT2D eigenvalue weighted by atomic mass is 9.99. The predicted octanol–water partition coefficient (Wildman–Crippen LogP) is 1.68. The highest BCUT2D eigenvalue weighted by molar-refractivity contribution is 5.95. The summed E-state index contributed by atoms with van der Waals surface area (Å²) >= 11 is 0. The molecule has 0 saturated heterocycles. The number of hydrogen-bond acceptors (Lipinski definition) is 4. The van der Waals surface area contributed by atoms with Gasteiger partial charge >= 0.3 is 0 Å². The van der Waals surface area contributed by atoms with Gasteiger partial charge in [0.1, 0.15) is 23.8 Å². The Kier molecular flexibility index (Phi) is 14.0. The second-order valence-corrected chi connectivity index (χ2v) is 13.2. The van der Waals surface area contributed by atoms with Gasteiger partial charge in [-0.25, -0.2) is 0 Å². The number of primary amides is 1. The minimum absolute atomic E-state index is 0. The molecule has 52 heavy (non-hydrogen) atoms. The smallest absolute Gasteiger partial charge is 0.243 e. The van der Waals surface area contributed by atoms with Crippen molar-refractivity contribution in [2.75, 3.05) is 19.6 Å². The first-order valence-corrected chi connectivity index (χ1v) is 17.7. The van der Waals surface area contributed by atoms with Crippen LogP contribution in [0.5, 0.6) is 0 Å². The largest absolute Gasteiger partial charge is 1.00 e. The quantitative estimate of drug-likeness (QED) is 0.0763. The van der Waals surface area contributed by atoms with Crippen molar-refractivity contribution in [2.45, 2.75) is 65.1 Å². The van der Waals surface area contributed by atoms with Crippen molar-refractivity contribution < 1.29 is 43.2 Å². The van der Waals surface area contributed by atoms with E-state index < -0.39 is 35.8 Å². The molecule has 4 aromatic carbocycles. The first kappa shape index (κ1) is 40.0. The summed E-state index contributed by atoms with van der Waals surface area (Å²) in [6.07, 6.45) is 2.35. The summed E-state index contributed by atoms with van der Waals surface area (Å²) in [6.45, 7) is 10.7. The number of aromatic amines is 1. The van der Waals surface area contributed by atoms with Gasteiger partial charge in [0.25, 0.3) is 0 Å². The van der Waals surface area contributed by atoms with Crippen molar-refractivity contribution in [3.63, 3.8) is 0 Å². The molecule has 3 atom stereocenters. The molecule has 0 aliphatic carbocycles. The van der Waals surface area contributed by atoms with Crippen molar-refractivity contribution in [1.82, 2.24) is 25.4 Å². The summed E-state index contributed by atoms with van der Waals surface area (Å²) in [7, 11) is 0. The fourth-order valence-electron chi connectivity index (χ4n) is 6.96. The Labute approximate surface area is 322 Å². The molecule has 1 aromatic heterocycles. The second kappa shape index (κ2) is 18.1. The van der Waals surface area contributed by atoms with E-state index in [2.05, 4.69) is 53.8 Å². The van der Waals surface area contributed by atoms with Crippen LogP contribution in [0, 0.1) is 0 Å². The van der Waals surface area contributed by atoms with Crippen LogP contribution in [-0.2, 0) is 38.4 Å². The Morgan fingerprint density at radius 3 is 1.87 bits per heavy atom. The van der Waals surface area contributed by atoms with Gasteiger partial charge in [-0.1, -0.05) is 72.8 Å². The topological polar surface area (TPSA) is 146 Å². The fourth-order valence-corrected chi connectivity index (χ4v) is 6.96. The molecule has 0 aliphatic heterocycles. The molecule has 6 N–H and O–H groups in total. The number of quaternary nitrogens is 1. The third-order valence-corrected chi connectivity index (χ3v) is 10.1. The minimum Gasteiger partial charge on any atom is -1.00 e. The van der Waals surface area contributed by atoms with Gasteiger partial charge < -0.3 is 50.6 Å². The van der Waals surface area contributed by atoms with E-state index in [1.165, 1.54) is 12.6 Å². The Bertz CT molecular complexity index is 2000. The van der Waals surface area contributed by atoms with Gasteiger partial charge in [0.2, 0.25) is 23.6 Å². The molecule has 1 heterocycles. The molecule has 274 valence electrons.